The van der Waals surface area contributed by atoms with Crippen LogP contribution in [-0.4, -0.2) is 15.9 Å². The lowest BCUT2D eigenvalue weighted by molar-refractivity contribution is 0.155. The molecule has 0 aliphatic rings. The minimum atomic E-state index is -0.517. The highest BCUT2D eigenvalue weighted by Crippen LogP contribution is 2.14. The largest absolute Gasteiger partial charge is 0.444 e. The van der Waals surface area contributed by atoms with Gasteiger partial charge in [0.25, 0.3) is 0 Å². The van der Waals surface area contributed by atoms with Gasteiger partial charge in [0.15, 0.2) is 5.82 Å². The number of halogens is 1. The summed E-state index contributed by atoms with van der Waals surface area (Å²) in [6.07, 6.45) is -0.517. The van der Waals surface area contributed by atoms with Crippen molar-refractivity contribution in [3.05, 3.63) is 82.0 Å². The number of carbonyl (C=O) groups is 1. The Morgan fingerprint density at radius 3 is 2.56 bits per heavy atom. The summed E-state index contributed by atoms with van der Waals surface area (Å²) in [4.78, 5) is 11.9. The summed E-state index contributed by atoms with van der Waals surface area (Å²) in [6, 6.07) is 19.4. The number of aryl methyl sites for hydroxylation is 1. The normalized spacial score (nSPS) is 10.5. The first-order valence-corrected chi connectivity index (χ1v) is 8.66. The Kier molecular flexibility index (Phi) is 5.50. The molecule has 3 aromatic rings. The maximum Gasteiger partial charge on any atom is 0.413 e. The number of rotatable bonds is 5. The van der Waals surface area contributed by atoms with Crippen molar-refractivity contribution < 1.29 is 9.53 Å². The molecule has 5 nitrogen and oxygen atoms in total. The number of amides is 1. The second-order valence-electron chi connectivity index (χ2n) is 5.64. The number of nitrogens with zero attached hydrogens (tertiary/aromatic N) is 2. The molecule has 1 amide bonds. The van der Waals surface area contributed by atoms with Gasteiger partial charge in [-0.05, 0) is 30.2 Å². The number of ether oxygens (including phenoxy) is 1. The van der Waals surface area contributed by atoms with Crippen LogP contribution in [0.4, 0.5) is 10.6 Å². The molecule has 1 aromatic heterocycles. The smallest absolute Gasteiger partial charge is 0.413 e. The van der Waals surface area contributed by atoms with Crippen LogP contribution in [0.25, 0.3) is 0 Å². The predicted molar refractivity (Wildman–Crippen MR) is 100 cm³/mol. The minimum Gasteiger partial charge on any atom is -0.444 e. The van der Waals surface area contributed by atoms with Gasteiger partial charge in [0, 0.05) is 16.2 Å². The molecule has 0 spiro atoms. The maximum absolute atomic E-state index is 11.9. The number of carbonyl (C=O) groups excluding carboxylic acids is 1. The third kappa shape index (κ3) is 4.93. The van der Waals surface area contributed by atoms with Gasteiger partial charge < -0.3 is 4.74 Å². The number of aromatic nitrogens is 2. The Morgan fingerprint density at radius 2 is 1.84 bits per heavy atom. The van der Waals surface area contributed by atoms with Gasteiger partial charge in [-0.15, -0.1) is 0 Å². The predicted octanol–water partition coefficient (Wildman–Crippen LogP) is 4.75. The van der Waals surface area contributed by atoms with E-state index in [9.17, 15) is 4.79 Å². The molecule has 0 saturated carbocycles. The zero-order valence-corrected chi connectivity index (χ0v) is 15.4. The van der Waals surface area contributed by atoms with E-state index >= 15 is 0 Å². The van der Waals surface area contributed by atoms with Crippen LogP contribution >= 0.6 is 15.9 Å². The molecule has 128 valence electrons. The summed E-state index contributed by atoms with van der Waals surface area (Å²) in [5.74, 6) is 0.479. The van der Waals surface area contributed by atoms with E-state index in [-0.39, 0.29) is 6.61 Å². The summed E-state index contributed by atoms with van der Waals surface area (Å²) < 4.78 is 8.09. The van der Waals surface area contributed by atoms with Gasteiger partial charge in [0.2, 0.25) is 0 Å². The average molecular weight is 400 g/mol. The van der Waals surface area contributed by atoms with E-state index in [1.165, 1.54) is 0 Å². The molecule has 0 fully saturated rings. The monoisotopic (exact) mass is 399 g/mol. The molecule has 6 heteroatoms. The highest BCUT2D eigenvalue weighted by molar-refractivity contribution is 9.10. The summed E-state index contributed by atoms with van der Waals surface area (Å²) in [7, 11) is 0. The standard InChI is InChI=1S/C19H18BrN3O2/c1-14-11-18(21-19(24)25-13-16-5-3-2-4-6-16)22-23(14)12-15-7-9-17(20)10-8-15/h2-11H,12-13H2,1H3,(H,21,22,24). The maximum atomic E-state index is 11.9. The van der Waals surface area contributed by atoms with Crippen LogP contribution < -0.4 is 5.32 Å². The first-order valence-electron chi connectivity index (χ1n) is 7.87. The molecule has 0 atom stereocenters. The zero-order valence-electron chi connectivity index (χ0n) is 13.8. The molecule has 3 rings (SSSR count). The van der Waals surface area contributed by atoms with Crippen molar-refractivity contribution in [2.24, 2.45) is 0 Å². The van der Waals surface area contributed by atoms with Crippen molar-refractivity contribution in [1.29, 1.82) is 0 Å². The quantitative estimate of drug-likeness (QED) is 0.673. The first-order chi connectivity index (χ1) is 12.1. The van der Waals surface area contributed by atoms with Gasteiger partial charge in [-0.1, -0.05) is 58.4 Å². The number of nitrogens with one attached hydrogen (secondary N) is 1. The van der Waals surface area contributed by atoms with E-state index in [0.717, 1.165) is 21.3 Å². The molecule has 25 heavy (non-hydrogen) atoms. The van der Waals surface area contributed by atoms with Crippen molar-refractivity contribution in [3.8, 4) is 0 Å². The fraction of sp³-hybridized carbons (Fsp3) is 0.158. The molecule has 0 unspecified atom stereocenters. The Bertz CT molecular complexity index is 845. The third-order valence-electron chi connectivity index (χ3n) is 3.67. The number of benzene rings is 2. The van der Waals surface area contributed by atoms with E-state index in [4.69, 9.17) is 4.74 Å². The lowest BCUT2D eigenvalue weighted by atomic mass is 10.2. The molecular formula is C19H18BrN3O2. The average Bonchev–Trinajstić information content (AvgIpc) is 2.95. The number of anilines is 1. The summed E-state index contributed by atoms with van der Waals surface area (Å²) >= 11 is 3.42. The molecule has 0 aliphatic carbocycles. The number of hydrogen-bond acceptors (Lipinski definition) is 3. The molecule has 0 radical (unpaired) electrons. The summed E-state index contributed by atoms with van der Waals surface area (Å²) in [5, 5.41) is 7.08. The Hall–Kier alpha value is -2.60. The fourth-order valence-electron chi connectivity index (χ4n) is 2.36. The first kappa shape index (κ1) is 17.2. The Morgan fingerprint density at radius 1 is 1.12 bits per heavy atom. The molecule has 0 aliphatic heterocycles. The van der Waals surface area contributed by atoms with Crippen molar-refractivity contribution in [2.75, 3.05) is 5.32 Å². The van der Waals surface area contributed by atoms with Gasteiger partial charge in [-0.3, -0.25) is 10.00 Å². The van der Waals surface area contributed by atoms with Crippen molar-refractivity contribution in [2.45, 2.75) is 20.1 Å². The van der Waals surface area contributed by atoms with Gasteiger partial charge in [0.1, 0.15) is 6.61 Å². The van der Waals surface area contributed by atoms with Crippen LogP contribution in [-0.2, 0) is 17.9 Å². The van der Waals surface area contributed by atoms with Crippen LogP contribution in [0.15, 0.2) is 65.1 Å². The fourth-order valence-corrected chi connectivity index (χ4v) is 2.62. The molecule has 0 saturated heterocycles. The Labute approximate surface area is 154 Å². The Balaban J connectivity index is 1.58. The molecule has 2 aromatic carbocycles. The SMILES string of the molecule is Cc1cc(NC(=O)OCc2ccccc2)nn1Cc1ccc(Br)cc1. The van der Waals surface area contributed by atoms with Crippen LogP contribution in [0.2, 0.25) is 0 Å². The minimum absolute atomic E-state index is 0.227. The van der Waals surface area contributed by atoms with E-state index < -0.39 is 6.09 Å². The highest BCUT2D eigenvalue weighted by atomic mass is 79.9. The summed E-state index contributed by atoms with van der Waals surface area (Å²) in [5.41, 5.74) is 3.03. The van der Waals surface area contributed by atoms with Crippen molar-refractivity contribution in [1.82, 2.24) is 9.78 Å². The van der Waals surface area contributed by atoms with Crippen LogP contribution in [0.5, 0.6) is 0 Å². The lowest BCUT2D eigenvalue weighted by Gasteiger charge is -2.06. The highest BCUT2D eigenvalue weighted by Gasteiger charge is 2.09. The topological polar surface area (TPSA) is 56.1 Å². The van der Waals surface area contributed by atoms with Crippen LogP contribution in [0.3, 0.4) is 0 Å². The van der Waals surface area contributed by atoms with Gasteiger partial charge in [-0.2, -0.15) is 5.10 Å². The van der Waals surface area contributed by atoms with Crippen LogP contribution in [0, 0.1) is 6.92 Å². The van der Waals surface area contributed by atoms with Crippen molar-refractivity contribution in [3.63, 3.8) is 0 Å². The van der Waals surface area contributed by atoms with Gasteiger partial charge in [0.05, 0.1) is 6.54 Å². The number of hydrogen-bond donors (Lipinski definition) is 1. The molecule has 1 N–H and O–H groups in total. The molecule has 0 bridgehead atoms. The molecular weight excluding hydrogens is 382 g/mol. The lowest BCUT2D eigenvalue weighted by Crippen LogP contribution is -2.14. The van der Waals surface area contributed by atoms with Crippen molar-refractivity contribution >= 4 is 27.8 Å². The van der Waals surface area contributed by atoms with E-state index in [1.54, 1.807) is 0 Å². The van der Waals surface area contributed by atoms with Crippen LogP contribution in [0.1, 0.15) is 16.8 Å². The van der Waals surface area contributed by atoms with E-state index in [0.29, 0.717) is 12.4 Å². The zero-order chi connectivity index (χ0) is 17.6. The van der Waals surface area contributed by atoms with Gasteiger partial charge >= 0.3 is 6.09 Å². The second kappa shape index (κ2) is 7.98. The second-order valence-corrected chi connectivity index (χ2v) is 6.56. The van der Waals surface area contributed by atoms with Gasteiger partial charge in [-0.25, -0.2) is 4.79 Å². The molecule has 1 heterocycles. The summed E-state index contributed by atoms with van der Waals surface area (Å²) in [6.45, 7) is 2.82. The van der Waals surface area contributed by atoms with E-state index in [2.05, 4.69) is 26.3 Å². The van der Waals surface area contributed by atoms with E-state index in [1.807, 2.05) is 72.3 Å². The third-order valence-corrected chi connectivity index (χ3v) is 4.20.